The lowest BCUT2D eigenvalue weighted by Gasteiger charge is -2.35. The number of carboxylic acids is 1. The maximum Gasteiger partial charge on any atom is 0.317 e. The zero-order valence-electron chi connectivity index (χ0n) is 79.0. The number of anilines is 4. The van der Waals surface area contributed by atoms with Gasteiger partial charge in [-0.1, -0.05) is 105 Å². The Morgan fingerprint density at radius 1 is 0.374 bits per heavy atom. The molecule has 0 saturated heterocycles. The van der Waals surface area contributed by atoms with Gasteiger partial charge < -0.3 is 39.3 Å². The van der Waals surface area contributed by atoms with Crippen LogP contribution in [0.25, 0.3) is 44.5 Å². The fraction of sp³-hybridized carbons (Fsp3) is 0.282. The predicted octanol–water partition coefficient (Wildman–Crippen LogP) is 26.5. The van der Waals surface area contributed by atoms with Crippen LogP contribution in [-0.4, -0.2) is 70.3 Å². The molecular weight excluding hydrogens is 1940 g/mol. The summed E-state index contributed by atoms with van der Waals surface area (Å²) in [5.74, 6) is -10.1. The van der Waals surface area contributed by atoms with E-state index in [2.05, 4.69) is 37.2 Å². The molecule has 728 valence electrons. The van der Waals surface area contributed by atoms with Gasteiger partial charge in [0.2, 0.25) is 23.6 Å². The Kier molecular flexibility index (Phi) is 35.2. The summed E-state index contributed by atoms with van der Waals surface area (Å²) in [5, 5.41) is 12.8. The number of carbonyl (C=O) groups is 7. The van der Waals surface area contributed by atoms with E-state index >= 15 is 0 Å². The van der Waals surface area contributed by atoms with Crippen molar-refractivity contribution in [2.75, 3.05) is 32.5 Å². The summed E-state index contributed by atoms with van der Waals surface area (Å²) in [6.45, 7) is 23.0. The number of aliphatic carboxylic acids is 1. The minimum atomic E-state index is -1.11. The Balaban J connectivity index is 0.000000168. The number of benzene rings is 12. The molecule has 0 spiro atoms. The highest BCUT2D eigenvalue weighted by Gasteiger charge is 2.39. The molecule has 4 aliphatic rings. The van der Waals surface area contributed by atoms with Crippen molar-refractivity contribution in [1.29, 1.82) is 0 Å². The van der Waals surface area contributed by atoms with Crippen LogP contribution in [0, 0.1) is 130 Å². The van der Waals surface area contributed by atoms with Crippen LogP contribution in [0.3, 0.4) is 0 Å². The molecule has 2 N–H and O–H groups in total. The van der Waals surface area contributed by atoms with E-state index in [4.69, 9.17) is 14.2 Å². The molecule has 0 aromatic heterocycles. The lowest BCUT2D eigenvalue weighted by molar-refractivity contribution is -0.157. The standard InChI is InChI=1S/C30H30F3NO3.C26H22F3NO3.C24H20F3NO.C17H16FNO2.C7H5BrF2.C6H11BrO2/c1-17-6-7-19(13-25(17)32)24-12-21-11-22(14-28(35)37-30(3,4)5)29(36)34(27(21)10-18(24)2)16-20-8-9-23(31)15-26(20)33;1-14-3-4-16(10-22(14)28)21-9-18-8-19(11-25(31)32)26(33)30(24(18)7-15(21)2)13-17-5-6-20(27)12-23(17)29;1-14-3-4-16(11-21(14)26)20-10-17-6-8-24(29)28(23(17)9-15(20)2)13-18-5-7-19(25)12-22(18)27;1-10-3-4-11(8-14(10)18)13-7-12-5-6-17(20)19-15(12)9-16(13)21-2;8-4-5-1-2-6(9)3-7(5)10;1-6(2,3)9-5(8)4-7/h6-10,12-13,15,22H,11,14,16H2,1-5H3;3-7,9-10,12,19H,8,11,13H2,1-2H3,(H,31,32);3-5,7,9-12H,6,8,13H2,1-2H3;3-4,7-9H,5-6H2,1-2H3,(H,19,20);1-3H,4H2;4H2,1-3H3. The highest BCUT2D eigenvalue weighted by atomic mass is 79.9. The molecule has 0 fully saturated rings. The average molecular weight is 2050 g/mol. The summed E-state index contributed by atoms with van der Waals surface area (Å²) >= 11 is 6.06. The summed E-state index contributed by atoms with van der Waals surface area (Å²) < 4.78 is 180. The van der Waals surface area contributed by atoms with E-state index in [1.807, 2.05) is 102 Å². The topological polar surface area (TPSA) is 189 Å². The van der Waals surface area contributed by atoms with Gasteiger partial charge in [0.1, 0.15) is 92.1 Å². The number of hydrogen-bond donors (Lipinski definition) is 2. The molecule has 0 radical (unpaired) electrons. The third kappa shape index (κ3) is 27.7. The average Bonchev–Trinajstić information content (AvgIpc) is 0.613. The summed E-state index contributed by atoms with van der Waals surface area (Å²) in [4.78, 5) is 89.7. The maximum atomic E-state index is 14.5. The summed E-state index contributed by atoms with van der Waals surface area (Å²) in [6.07, 6.45) is 2.00. The van der Waals surface area contributed by atoms with Gasteiger partial charge in [-0.05, 0) is 312 Å². The second-order valence-corrected chi connectivity index (χ2v) is 37.4. The molecule has 15 nitrogen and oxygen atoms in total. The Morgan fingerprint density at radius 3 is 1.06 bits per heavy atom. The van der Waals surface area contributed by atoms with Crippen LogP contribution in [0.5, 0.6) is 5.75 Å². The molecule has 12 aromatic rings. The molecule has 4 heterocycles. The lowest BCUT2D eigenvalue weighted by atomic mass is 9.85. The second kappa shape index (κ2) is 46.1. The quantitative estimate of drug-likeness (QED) is 0.0501. The van der Waals surface area contributed by atoms with E-state index in [0.717, 1.165) is 115 Å². The van der Waals surface area contributed by atoms with Crippen LogP contribution in [0.1, 0.15) is 151 Å². The monoisotopic (exact) mass is 2040 g/mol. The van der Waals surface area contributed by atoms with Gasteiger partial charge >= 0.3 is 17.9 Å². The molecule has 0 aliphatic carbocycles. The van der Waals surface area contributed by atoms with Crippen molar-refractivity contribution >= 4 is 96.1 Å². The molecule has 12 aromatic carbocycles. The van der Waals surface area contributed by atoms with E-state index < -0.39 is 81.8 Å². The van der Waals surface area contributed by atoms with Crippen LogP contribution in [0.2, 0.25) is 0 Å². The molecule has 2 atom stereocenters. The number of ether oxygens (including phenoxy) is 3. The molecule has 0 saturated carbocycles. The van der Waals surface area contributed by atoms with Crippen molar-refractivity contribution in [3.8, 4) is 50.3 Å². The number of fused-ring (bicyclic) bond motifs is 4. The summed E-state index contributed by atoms with van der Waals surface area (Å²) in [7, 11) is 1.57. The van der Waals surface area contributed by atoms with Gasteiger partial charge in [0.25, 0.3) is 0 Å². The van der Waals surface area contributed by atoms with Crippen molar-refractivity contribution in [2.24, 2.45) is 11.8 Å². The van der Waals surface area contributed by atoms with Crippen LogP contribution in [-0.2, 0) is 93.7 Å². The van der Waals surface area contributed by atoms with Gasteiger partial charge in [-0.15, -0.1) is 0 Å². The number of aryl methyl sites for hydroxylation is 9. The first-order valence-corrected chi connectivity index (χ1v) is 46.7. The minimum Gasteiger partial charge on any atom is -0.496 e. The van der Waals surface area contributed by atoms with E-state index in [1.54, 1.807) is 96.9 Å². The maximum absolute atomic E-state index is 14.5. The second-order valence-electron chi connectivity index (χ2n) is 36.3. The Hall–Kier alpha value is -13.2. The number of amides is 4. The molecular formula is C110H104Br2F12N4O11. The lowest BCUT2D eigenvalue weighted by Crippen LogP contribution is -2.42. The third-order valence-corrected chi connectivity index (χ3v) is 24.5. The van der Waals surface area contributed by atoms with Crippen LogP contribution >= 0.6 is 31.9 Å². The van der Waals surface area contributed by atoms with Gasteiger partial charge in [0.15, 0.2) is 0 Å². The summed E-state index contributed by atoms with van der Waals surface area (Å²) in [5.41, 5.74) is 17.0. The number of esters is 2. The van der Waals surface area contributed by atoms with Crippen molar-refractivity contribution < 1.29 is 106 Å². The fourth-order valence-electron chi connectivity index (χ4n) is 16.2. The van der Waals surface area contributed by atoms with Crippen LogP contribution < -0.4 is 24.8 Å². The number of hydrogen-bond acceptors (Lipinski definition) is 10. The first-order chi connectivity index (χ1) is 65.6. The molecule has 4 aliphatic heterocycles. The van der Waals surface area contributed by atoms with E-state index in [1.165, 1.54) is 70.5 Å². The first-order valence-electron chi connectivity index (χ1n) is 44.5. The summed E-state index contributed by atoms with van der Waals surface area (Å²) in [6, 6.07) is 48.5. The number of alkyl halides is 2. The highest BCUT2D eigenvalue weighted by Crippen LogP contribution is 2.44. The van der Waals surface area contributed by atoms with Crippen molar-refractivity contribution in [3.63, 3.8) is 0 Å². The Morgan fingerprint density at radius 2 is 0.712 bits per heavy atom. The highest BCUT2D eigenvalue weighted by molar-refractivity contribution is 9.09. The van der Waals surface area contributed by atoms with Crippen molar-refractivity contribution in [3.05, 3.63) is 347 Å². The van der Waals surface area contributed by atoms with Gasteiger partial charge in [-0.3, -0.25) is 33.6 Å². The molecule has 29 heteroatoms. The molecule has 4 amide bonds. The van der Waals surface area contributed by atoms with Gasteiger partial charge in [-0.2, -0.15) is 0 Å². The molecule has 139 heavy (non-hydrogen) atoms. The van der Waals surface area contributed by atoms with E-state index in [-0.39, 0.29) is 120 Å². The molecule has 2 unspecified atom stereocenters. The number of methoxy groups -OCH3 is 1. The number of carbonyl (C=O) groups excluding carboxylic acids is 6. The minimum absolute atomic E-state index is 0.0127. The van der Waals surface area contributed by atoms with Crippen LogP contribution in [0.15, 0.2) is 194 Å². The van der Waals surface area contributed by atoms with Crippen molar-refractivity contribution in [2.45, 2.75) is 178 Å². The predicted molar refractivity (Wildman–Crippen MR) is 521 cm³/mol. The zero-order chi connectivity index (χ0) is 102. The fourth-order valence-corrected chi connectivity index (χ4v) is 16.8. The zero-order valence-corrected chi connectivity index (χ0v) is 82.2. The van der Waals surface area contributed by atoms with Gasteiger partial charge in [0.05, 0.1) is 51.4 Å². The van der Waals surface area contributed by atoms with Crippen molar-refractivity contribution in [1.82, 2.24) is 0 Å². The van der Waals surface area contributed by atoms with Crippen LogP contribution in [0.4, 0.5) is 75.4 Å². The largest absolute Gasteiger partial charge is 0.496 e. The van der Waals surface area contributed by atoms with E-state index in [9.17, 15) is 91.4 Å². The van der Waals surface area contributed by atoms with E-state index in [0.29, 0.717) is 92.6 Å². The Bertz CT molecular complexity index is 6700. The SMILES string of the molecule is CC(C)(C)OC(=O)CBr.COc1cc2c(cc1-c1ccc(C)c(F)c1)CCC(=O)N2.Cc1ccc(-c2cc3c(cc2C)N(Cc2ccc(F)cc2F)C(=O)C(CC(=O)O)C3)cc1F.Cc1ccc(-c2cc3c(cc2C)N(Cc2ccc(F)cc2F)C(=O)C(CC(=O)OC(C)(C)C)C3)cc1F.Cc1ccc(-c2cc3c(cc2C)N(Cc2ccc(F)cc2F)C(=O)CC3)cc1F.Fc1ccc(CBr)c(F)c1. The number of nitrogens with zero attached hydrogens (tertiary/aromatic N) is 3. The number of carboxylic acid groups (broad SMARTS) is 1. The van der Waals surface area contributed by atoms with Gasteiger partial charge in [-0.25, -0.2) is 52.7 Å². The molecule has 0 bridgehead atoms. The number of nitrogens with one attached hydrogen (secondary N) is 1. The number of halogens is 14. The third-order valence-electron chi connectivity index (χ3n) is 23.4. The first kappa shape index (κ1) is 106. The molecule has 16 rings (SSSR count). The number of rotatable bonds is 17. The Labute approximate surface area is 816 Å². The van der Waals surface area contributed by atoms with Gasteiger partial charge in [0, 0.05) is 93.5 Å². The normalized spacial score (nSPS) is 14.1. The smallest absolute Gasteiger partial charge is 0.317 e.